The van der Waals surface area contributed by atoms with Gasteiger partial charge in [0.25, 0.3) is 0 Å². The molecule has 2 aromatic rings. The van der Waals surface area contributed by atoms with Gasteiger partial charge in [-0.15, -0.1) is 11.3 Å². The zero-order valence-corrected chi connectivity index (χ0v) is 14.5. The van der Waals surface area contributed by atoms with E-state index in [0.717, 1.165) is 44.8 Å². The predicted molar refractivity (Wildman–Crippen MR) is 94.6 cm³/mol. The molecule has 0 aliphatic carbocycles. The molecule has 23 heavy (non-hydrogen) atoms. The minimum atomic E-state index is -0.124. The van der Waals surface area contributed by atoms with E-state index in [0.29, 0.717) is 0 Å². The minimum absolute atomic E-state index is 0.124. The molecule has 3 rings (SSSR count). The summed E-state index contributed by atoms with van der Waals surface area (Å²) in [6.45, 7) is 6.77. The number of nitrogens with zero attached hydrogens (tertiary/aromatic N) is 3. The van der Waals surface area contributed by atoms with E-state index in [9.17, 15) is 4.39 Å². The van der Waals surface area contributed by atoms with Crippen LogP contribution in [0.15, 0.2) is 29.6 Å². The van der Waals surface area contributed by atoms with Gasteiger partial charge in [0, 0.05) is 38.1 Å². The molecule has 2 heterocycles. The SMILES string of the molecule is CCCCc1nc(CN2CCN(c3ccccc3F)CC2)cs1. The monoisotopic (exact) mass is 333 g/mol. The van der Waals surface area contributed by atoms with Crippen LogP contribution in [0, 0.1) is 5.82 Å². The lowest BCUT2D eigenvalue weighted by molar-refractivity contribution is 0.247. The molecule has 0 spiro atoms. The van der Waals surface area contributed by atoms with E-state index in [4.69, 9.17) is 4.98 Å². The molecule has 0 atom stereocenters. The van der Waals surface area contributed by atoms with Crippen molar-refractivity contribution in [2.45, 2.75) is 32.7 Å². The highest BCUT2D eigenvalue weighted by molar-refractivity contribution is 7.09. The Hall–Kier alpha value is -1.46. The van der Waals surface area contributed by atoms with Crippen LogP contribution >= 0.6 is 11.3 Å². The van der Waals surface area contributed by atoms with Gasteiger partial charge in [-0.1, -0.05) is 25.5 Å². The lowest BCUT2D eigenvalue weighted by Crippen LogP contribution is -2.46. The molecule has 5 heteroatoms. The Kier molecular flexibility index (Phi) is 5.62. The van der Waals surface area contributed by atoms with E-state index in [-0.39, 0.29) is 5.82 Å². The molecular weight excluding hydrogens is 309 g/mol. The second kappa shape index (κ2) is 7.88. The van der Waals surface area contributed by atoms with E-state index < -0.39 is 0 Å². The highest BCUT2D eigenvalue weighted by Crippen LogP contribution is 2.21. The summed E-state index contributed by atoms with van der Waals surface area (Å²) in [6, 6.07) is 7.05. The van der Waals surface area contributed by atoms with Crippen LogP contribution in [0.5, 0.6) is 0 Å². The fourth-order valence-electron chi connectivity index (χ4n) is 2.95. The number of thiazole rings is 1. The molecule has 1 fully saturated rings. The van der Waals surface area contributed by atoms with Crippen LogP contribution in [0.1, 0.15) is 30.5 Å². The van der Waals surface area contributed by atoms with E-state index in [1.54, 1.807) is 17.4 Å². The number of para-hydroxylation sites is 1. The zero-order valence-electron chi connectivity index (χ0n) is 13.7. The molecule has 1 aromatic carbocycles. The van der Waals surface area contributed by atoms with Gasteiger partial charge in [0.05, 0.1) is 16.4 Å². The van der Waals surface area contributed by atoms with E-state index in [1.165, 1.54) is 29.6 Å². The highest BCUT2D eigenvalue weighted by atomic mass is 32.1. The highest BCUT2D eigenvalue weighted by Gasteiger charge is 2.19. The second-order valence-electron chi connectivity index (χ2n) is 6.05. The standard InChI is InChI=1S/C18H24FN3S/c1-2-3-8-18-20-15(14-23-18)13-21-9-11-22(12-10-21)17-7-5-4-6-16(17)19/h4-7,14H,2-3,8-13H2,1H3. The minimum Gasteiger partial charge on any atom is -0.367 e. The Bertz CT molecular complexity index is 620. The topological polar surface area (TPSA) is 19.4 Å². The quantitative estimate of drug-likeness (QED) is 0.798. The first-order valence-electron chi connectivity index (χ1n) is 8.41. The normalized spacial score (nSPS) is 16.0. The van der Waals surface area contributed by atoms with Crippen LogP contribution in [0.4, 0.5) is 10.1 Å². The molecule has 1 aliphatic heterocycles. The first-order valence-corrected chi connectivity index (χ1v) is 9.29. The number of hydrogen-bond donors (Lipinski definition) is 0. The zero-order chi connectivity index (χ0) is 16.1. The fraction of sp³-hybridized carbons (Fsp3) is 0.500. The Balaban J connectivity index is 1.51. The third-order valence-corrected chi connectivity index (χ3v) is 5.25. The number of hydrogen-bond acceptors (Lipinski definition) is 4. The number of unbranched alkanes of at least 4 members (excludes halogenated alkanes) is 1. The van der Waals surface area contributed by atoms with Gasteiger partial charge >= 0.3 is 0 Å². The van der Waals surface area contributed by atoms with Crippen molar-refractivity contribution in [3.05, 3.63) is 46.2 Å². The Morgan fingerprint density at radius 3 is 2.70 bits per heavy atom. The maximum absolute atomic E-state index is 13.9. The molecule has 3 nitrogen and oxygen atoms in total. The first kappa shape index (κ1) is 16.4. The number of aryl methyl sites for hydroxylation is 1. The van der Waals surface area contributed by atoms with Gasteiger partial charge < -0.3 is 4.90 Å². The Labute approximate surface area is 141 Å². The van der Waals surface area contributed by atoms with Crippen LogP contribution in [0.25, 0.3) is 0 Å². The smallest absolute Gasteiger partial charge is 0.146 e. The maximum atomic E-state index is 13.9. The number of piperazine rings is 1. The van der Waals surface area contributed by atoms with Crippen molar-refractivity contribution in [3.63, 3.8) is 0 Å². The molecule has 0 N–H and O–H groups in total. The molecule has 124 valence electrons. The maximum Gasteiger partial charge on any atom is 0.146 e. The lowest BCUT2D eigenvalue weighted by Gasteiger charge is -2.35. The summed E-state index contributed by atoms with van der Waals surface area (Å²) in [5, 5.41) is 3.45. The average Bonchev–Trinajstić information content (AvgIpc) is 3.02. The fourth-order valence-corrected chi connectivity index (χ4v) is 3.78. The van der Waals surface area contributed by atoms with Gasteiger partial charge in [-0.25, -0.2) is 9.37 Å². The van der Waals surface area contributed by atoms with Gasteiger partial charge in [-0.3, -0.25) is 4.90 Å². The average molecular weight is 333 g/mol. The molecule has 0 saturated carbocycles. The van der Waals surface area contributed by atoms with Gasteiger partial charge in [0.15, 0.2) is 0 Å². The van der Waals surface area contributed by atoms with Crippen LogP contribution in [0.2, 0.25) is 0 Å². The number of rotatable bonds is 6. The van der Waals surface area contributed by atoms with Crippen molar-refractivity contribution in [3.8, 4) is 0 Å². The third-order valence-electron chi connectivity index (χ3n) is 4.29. The van der Waals surface area contributed by atoms with Gasteiger partial charge in [0.2, 0.25) is 0 Å². The van der Waals surface area contributed by atoms with Crippen LogP contribution in [0.3, 0.4) is 0 Å². The molecule has 1 aliphatic rings. The van der Waals surface area contributed by atoms with Crippen molar-refractivity contribution < 1.29 is 4.39 Å². The number of aromatic nitrogens is 1. The predicted octanol–water partition coefficient (Wildman–Crippen LogP) is 3.95. The van der Waals surface area contributed by atoms with Crippen molar-refractivity contribution in [1.82, 2.24) is 9.88 Å². The third kappa shape index (κ3) is 4.30. The van der Waals surface area contributed by atoms with Gasteiger partial charge in [-0.2, -0.15) is 0 Å². The molecule has 0 unspecified atom stereocenters. The molecule has 1 saturated heterocycles. The van der Waals surface area contributed by atoms with Crippen molar-refractivity contribution >= 4 is 17.0 Å². The van der Waals surface area contributed by atoms with Crippen molar-refractivity contribution in [2.75, 3.05) is 31.1 Å². The van der Waals surface area contributed by atoms with Gasteiger partial charge in [0.1, 0.15) is 5.82 Å². The van der Waals surface area contributed by atoms with Gasteiger partial charge in [-0.05, 0) is 25.0 Å². The summed E-state index contributed by atoms with van der Waals surface area (Å²) in [5.74, 6) is -0.124. The molecule has 0 amide bonds. The Morgan fingerprint density at radius 2 is 1.96 bits per heavy atom. The molecule has 1 aromatic heterocycles. The molecule has 0 bridgehead atoms. The van der Waals surface area contributed by atoms with E-state index in [2.05, 4.69) is 22.1 Å². The second-order valence-corrected chi connectivity index (χ2v) is 6.99. The number of halogens is 1. The summed E-state index contributed by atoms with van der Waals surface area (Å²) >= 11 is 1.78. The van der Waals surface area contributed by atoms with Crippen LogP contribution < -0.4 is 4.90 Å². The van der Waals surface area contributed by atoms with E-state index in [1.807, 2.05) is 12.1 Å². The number of benzene rings is 1. The lowest BCUT2D eigenvalue weighted by atomic mass is 10.2. The Morgan fingerprint density at radius 1 is 1.17 bits per heavy atom. The number of anilines is 1. The molecule has 0 radical (unpaired) electrons. The summed E-state index contributed by atoms with van der Waals surface area (Å²) in [6.07, 6.45) is 3.53. The van der Waals surface area contributed by atoms with Crippen molar-refractivity contribution in [2.24, 2.45) is 0 Å². The summed E-state index contributed by atoms with van der Waals surface area (Å²) in [4.78, 5) is 9.29. The largest absolute Gasteiger partial charge is 0.367 e. The summed E-state index contributed by atoms with van der Waals surface area (Å²) in [7, 11) is 0. The first-order chi connectivity index (χ1) is 11.3. The summed E-state index contributed by atoms with van der Waals surface area (Å²) < 4.78 is 13.9. The van der Waals surface area contributed by atoms with Crippen LogP contribution in [-0.2, 0) is 13.0 Å². The molecular formula is C18H24FN3S. The van der Waals surface area contributed by atoms with Crippen LogP contribution in [-0.4, -0.2) is 36.1 Å². The van der Waals surface area contributed by atoms with Crippen molar-refractivity contribution in [1.29, 1.82) is 0 Å². The van der Waals surface area contributed by atoms with E-state index >= 15 is 0 Å². The summed E-state index contributed by atoms with van der Waals surface area (Å²) in [5.41, 5.74) is 1.91.